The van der Waals surface area contributed by atoms with Gasteiger partial charge in [0, 0.05) is 56.1 Å². The highest BCUT2D eigenvalue weighted by Gasteiger charge is 2.66. The lowest BCUT2D eigenvalue weighted by Gasteiger charge is -2.50. The normalized spacial score (nSPS) is 39.7. The highest BCUT2D eigenvalue weighted by molar-refractivity contribution is 6.28. The van der Waals surface area contributed by atoms with Crippen LogP contribution in [0.2, 0.25) is 0 Å². The third-order valence-corrected chi connectivity index (χ3v) is 17.8. The van der Waals surface area contributed by atoms with E-state index in [0.717, 1.165) is 6.08 Å². The number of rotatable bonds is 17. The molecule has 6 saturated heterocycles. The molecule has 10 rings (SSSR count). The molecule has 6 N–H and O–H groups in total. The molecular weight excluding hydrogens is 1120 g/mol. The highest BCUT2D eigenvalue weighted by atomic mass is 16.8. The molecule has 1 aromatic carbocycles. The van der Waals surface area contributed by atoms with E-state index < -0.39 is 192 Å². The number of carbonyl (C=O) groups excluding carboxylic acids is 6. The molecule has 6 aliphatic heterocycles. The van der Waals surface area contributed by atoms with E-state index in [1.54, 1.807) is 27.7 Å². The number of ketones is 4. The second kappa shape index (κ2) is 25.8. The number of nitrogens with two attached hydrogens (primary N) is 1. The van der Waals surface area contributed by atoms with Crippen molar-refractivity contribution in [3.8, 4) is 5.75 Å². The molecule has 6 heterocycles. The molecule has 3 aliphatic carbocycles. The van der Waals surface area contributed by atoms with E-state index >= 15 is 4.79 Å². The van der Waals surface area contributed by atoms with E-state index in [1.807, 2.05) is 13.8 Å². The van der Waals surface area contributed by atoms with Crippen molar-refractivity contribution in [3.63, 3.8) is 0 Å². The van der Waals surface area contributed by atoms with Crippen LogP contribution in [-0.4, -0.2) is 191 Å². The Labute approximate surface area is 490 Å². The minimum atomic E-state index is -2.72. The van der Waals surface area contributed by atoms with Crippen molar-refractivity contribution in [3.05, 3.63) is 51.5 Å². The van der Waals surface area contributed by atoms with Crippen LogP contribution in [0.3, 0.4) is 0 Å². The van der Waals surface area contributed by atoms with Crippen LogP contribution in [-0.2, 0) is 91.9 Å². The number of phenols is 1. The zero-order chi connectivity index (χ0) is 60.9. The summed E-state index contributed by atoms with van der Waals surface area (Å²) < 4.78 is 86.3. The van der Waals surface area contributed by atoms with E-state index in [9.17, 15) is 44.1 Å². The van der Waals surface area contributed by atoms with Gasteiger partial charge in [0.2, 0.25) is 17.3 Å². The number of aliphatic carboxylic acids is 1. The van der Waals surface area contributed by atoms with Crippen LogP contribution >= 0.6 is 0 Å². The first-order valence-electron chi connectivity index (χ1n) is 29.5. The van der Waals surface area contributed by atoms with Crippen LogP contribution in [0.4, 0.5) is 0 Å². The molecule has 1 aromatic rings. The van der Waals surface area contributed by atoms with Crippen LogP contribution in [0.25, 0.3) is 0 Å². The Hall–Kier alpha value is -5.33. The number of aliphatic hydroxyl groups excluding tert-OH is 2. The molecule has 9 aliphatic rings. The number of carboxylic acid groups (broad SMARTS) is 1. The highest BCUT2D eigenvalue weighted by Crippen LogP contribution is 2.52. The number of primary amides is 1. The van der Waals surface area contributed by atoms with Crippen molar-refractivity contribution in [1.82, 2.24) is 0 Å². The lowest BCUT2D eigenvalue weighted by molar-refractivity contribution is -0.316. The molecule has 85 heavy (non-hydrogen) atoms. The molecular formula is C59H77NO25. The summed E-state index contributed by atoms with van der Waals surface area (Å²) in [5.74, 6) is -11.2. The summed E-state index contributed by atoms with van der Waals surface area (Å²) in [5, 5.41) is 43.4. The molecule has 468 valence electrons. The van der Waals surface area contributed by atoms with Gasteiger partial charge in [0.05, 0.1) is 85.4 Å². The largest absolute Gasteiger partial charge is 0.508 e. The van der Waals surface area contributed by atoms with Crippen LogP contribution in [0.5, 0.6) is 5.75 Å². The lowest BCUT2D eigenvalue weighted by atomic mass is 9.62. The summed E-state index contributed by atoms with van der Waals surface area (Å²) in [6.45, 7) is 10.7. The second-order valence-electron chi connectivity index (χ2n) is 23.5. The summed E-state index contributed by atoms with van der Waals surface area (Å²) in [6, 6.07) is 1.25. The molecule has 26 nitrogen and oxygen atoms in total. The van der Waals surface area contributed by atoms with Crippen molar-refractivity contribution in [2.24, 2.45) is 11.7 Å². The van der Waals surface area contributed by atoms with Gasteiger partial charge in [-0.05, 0) is 98.1 Å². The van der Waals surface area contributed by atoms with Crippen molar-refractivity contribution >= 4 is 41.0 Å². The fourth-order valence-electron chi connectivity index (χ4n) is 13.2. The fraction of sp³-hybridized carbons (Fsp3) is 0.712. The third kappa shape index (κ3) is 12.9. The SMILES string of the molecule is COC1=CC(=O)c2c(cc3c(c2O)C(=O)[C@@]2(O[C@H]4CC[C@H](O[C@H]5CC[C@H](O)[C@@H](C)O5)[C@@H](C)O4)C(O)=C(C(N)=O)C(=O)[C@H](O[C@H]4CC[C@H](O[C@H]5CC[C@H](O[C@H]6CC[C@H](O[C@H]7CC[C@H](OC(=O)CC(=O)O)[C@H](C)O7)[C@H](C)O6)[C@H](C)O5)[C@@H](C)O4)[C@H]2C3)C1=O. The molecule has 0 radical (unpaired) electrons. The number of Topliss-reactive ketones (excluding diaryl/α,β-unsaturated/α-hetero) is 3. The van der Waals surface area contributed by atoms with E-state index in [2.05, 4.69) is 0 Å². The van der Waals surface area contributed by atoms with Gasteiger partial charge in [-0.2, -0.15) is 0 Å². The van der Waals surface area contributed by atoms with Crippen LogP contribution in [0, 0.1) is 5.92 Å². The first kappa shape index (κ1) is 62.7. The lowest BCUT2D eigenvalue weighted by Crippen LogP contribution is -2.65. The number of benzene rings is 1. The number of hydrogen-bond acceptors (Lipinski definition) is 24. The number of phenolic OH excluding ortho intramolecular Hbond substituents is 1. The van der Waals surface area contributed by atoms with Gasteiger partial charge in [-0.3, -0.25) is 33.6 Å². The summed E-state index contributed by atoms with van der Waals surface area (Å²) in [5.41, 5.74) is 0.851. The van der Waals surface area contributed by atoms with Crippen molar-refractivity contribution in [2.45, 2.75) is 254 Å². The zero-order valence-corrected chi connectivity index (χ0v) is 48.5. The second-order valence-corrected chi connectivity index (χ2v) is 23.5. The van der Waals surface area contributed by atoms with Gasteiger partial charge in [0.15, 0.2) is 54.9 Å². The Morgan fingerprint density at radius 1 is 0.612 bits per heavy atom. The molecule has 26 heteroatoms. The van der Waals surface area contributed by atoms with E-state index in [1.165, 1.54) is 13.2 Å². The van der Waals surface area contributed by atoms with E-state index in [0.29, 0.717) is 57.8 Å². The first-order chi connectivity index (χ1) is 40.4. The molecule has 0 unspecified atom stereocenters. The predicted molar refractivity (Wildman–Crippen MR) is 285 cm³/mol. The number of allylic oxidation sites excluding steroid dienone is 2. The quantitative estimate of drug-likeness (QED) is 0.0832. The zero-order valence-electron chi connectivity index (χ0n) is 48.5. The molecule has 21 atom stereocenters. The number of aliphatic hydroxyl groups is 2. The summed E-state index contributed by atoms with van der Waals surface area (Å²) in [4.78, 5) is 93.6. The first-order valence-corrected chi connectivity index (χ1v) is 29.5. The summed E-state index contributed by atoms with van der Waals surface area (Å²) in [6.07, 6.45) is -8.19. The standard InChI is InChI=1S/C59H77NO25/c1-24-33(61)8-14-43(73-24)80-39-13-19-48(78-29(39)6)85-59-32(21-30-20-31-50(53(67)49(30)56(59)69)34(62)22-40(72-7)52(31)66)55(54(68)51(57(59)70)58(60)71)84-47-18-12-38(28(5)77-47)83-46-17-11-37(27(4)76-46)82-45-16-10-36(26(3)75-45)81-44-15-9-35(25(2)74-44)79-42(65)23-41(63)64/h20,22,24-29,32-33,35-39,43-48,55,61,67,70H,8-19,21,23H2,1-7H3,(H2,60,71)(H,63,64)/t24-,25+,26+,27+,28-,29-,32-,33+,35+,36+,37+,38+,39+,43+,44+,45+,46+,47+,48+,55-,59-/m1/s1. The van der Waals surface area contributed by atoms with Gasteiger partial charge in [0.1, 0.15) is 35.7 Å². The van der Waals surface area contributed by atoms with Crippen molar-refractivity contribution < 1.29 is 120 Å². The average Bonchev–Trinajstić information content (AvgIpc) is 0.781. The van der Waals surface area contributed by atoms with Crippen molar-refractivity contribution in [1.29, 1.82) is 0 Å². The number of amides is 1. The maximum atomic E-state index is 15.6. The smallest absolute Gasteiger partial charge is 0.317 e. The number of hydrogen-bond donors (Lipinski definition) is 5. The van der Waals surface area contributed by atoms with Gasteiger partial charge >= 0.3 is 11.9 Å². The molecule has 1 amide bonds. The number of carboxylic acids is 1. The number of ether oxygens (including phenoxy) is 14. The van der Waals surface area contributed by atoms with Gasteiger partial charge in [-0.1, -0.05) is 0 Å². The van der Waals surface area contributed by atoms with E-state index in [-0.39, 0.29) is 54.5 Å². The number of fused-ring (bicyclic) bond motifs is 3. The third-order valence-electron chi connectivity index (χ3n) is 17.8. The molecule has 0 bridgehead atoms. The summed E-state index contributed by atoms with van der Waals surface area (Å²) in [7, 11) is 1.20. The van der Waals surface area contributed by atoms with Gasteiger partial charge in [-0.15, -0.1) is 0 Å². The van der Waals surface area contributed by atoms with Gasteiger partial charge in [0.25, 0.3) is 5.91 Å². The maximum absolute atomic E-state index is 15.6. The van der Waals surface area contributed by atoms with E-state index in [4.69, 9.17) is 77.2 Å². The predicted octanol–water partition coefficient (Wildman–Crippen LogP) is 4.12. The Bertz CT molecular complexity index is 2820. The average molecular weight is 1200 g/mol. The minimum Gasteiger partial charge on any atom is -0.508 e. The monoisotopic (exact) mass is 1200 g/mol. The Balaban J connectivity index is 0.790. The maximum Gasteiger partial charge on any atom is 0.317 e. The number of carbonyl (C=O) groups is 7. The molecule has 0 aromatic heterocycles. The number of methoxy groups -OCH3 is 1. The van der Waals surface area contributed by atoms with Gasteiger partial charge in [-0.25, -0.2) is 0 Å². The minimum absolute atomic E-state index is 0.000858. The van der Waals surface area contributed by atoms with Crippen LogP contribution < -0.4 is 5.73 Å². The topological polar surface area (TPSA) is 356 Å². The Kier molecular flexibility index (Phi) is 19.0. The Morgan fingerprint density at radius 2 is 1.06 bits per heavy atom. The fourth-order valence-corrected chi connectivity index (χ4v) is 13.2. The van der Waals surface area contributed by atoms with Crippen molar-refractivity contribution in [2.75, 3.05) is 7.11 Å². The Morgan fingerprint density at radius 3 is 1.52 bits per heavy atom. The molecule has 0 spiro atoms. The van der Waals surface area contributed by atoms with Crippen LogP contribution in [0.1, 0.15) is 162 Å². The number of esters is 1. The number of aromatic hydroxyl groups is 1. The van der Waals surface area contributed by atoms with Crippen LogP contribution in [0.15, 0.2) is 29.2 Å². The van der Waals surface area contributed by atoms with Gasteiger partial charge < -0.3 is 92.5 Å². The summed E-state index contributed by atoms with van der Waals surface area (Å²) >= 11 is 0. The molecule has 0 saturated carbocycles. The molecule has 6 fully saturated rings.